The van der Waals surface area contributed by atoms with E-state index in [0.29, 0.717) is 30.1 Å². The van der Waals surface area contributed by atoms with Crippen LogP contribution < -0.4 is 4.74 Å². The zero-order valence-electron chi connectivity index (χ0n) is 16.3. The Balaban J connectivity index is 1.53. The average molecular weight is 395 g/mol. The van der Waals surface area contributed by atoms with Crippen molar-refractivity contribution in [1.29, 1.82) is 0 Å². The highest BCUT2D eigenvalue weighted by molar-refractivity contribution is 5.78. The molecule has 1 atom stereocenters. The van der Waals surface area contributed by atoms with E-state index in [0.717, 1.165) is 11.3 Å². The van der Waals surface area contributed by atoms with Crippen LogP contribution in [0.3, 0.4) is 0 Å². The number of carbonyl (C=O) groups is 1. The van der Waals surface area contributed by atoms with Crippen LogP contribution in [0.5, 0.6) is 5.75 Å². The lowest BCUT2D eigenvalue weighted by molar-refractivity contribution is -0.130. The predicted molar refractivity (Wildman–Crippen MR) is 104 cm³/mol. The number of benzene rings is 2. The van der Waals surface area contributed by atoms with Gasteiger partial charge in [0.15, 0.2) is 0 Å². The van der Waals surface area contributed by atoms with E-state index in [1.807, 2.05) is 38.1 Å². The number of hydrogen-bond donors (Lipinski definition) is 0. The summed E-state index contributed by atoms with van der Waals surface area (Å²) in [5.41, 5.74) is 1.26. The smallest absolute Gasteiger partial charge is 0.249 e. The lowest BCUT2D eigenvalue weighted by Gasteiger charge is -2.22. The van der Waals surface area contributed by atoms with Crippen LogP contribution in [0.15, 0.2) is 53.1 Å². The van der Waals surface area contributed by atoms with Crippen molar-refractivity contribution in [1.82, 2.24) is 15.0 Å². The van der Waals surface area contributed by atoms with E-state index in [1.54, 1.807) is 23.1 Å². The molecule has 1 saturated heterocycles. The number of rotatable bonds is 6. The lowest BCUT2D eigenvalue weighted by atomic mass is 10.1. The quantitative estimate of drug-likeness (QED) is 0.614. The molecule has 0 bridgehead atoms. The Bertz CT molecular complexity index is 1000. The van der Waals surface area contributed by atoms with Crippen LogP contribution in [0.25, 0.3) is 11.4 Å². The molecule has 150 valence electrons. The molecule has 0 aliphatic carbocycles. The second-order valence-electron chi connectivity index (χ2n) is 7.31. The van der Waals surface area contributed by atoms with Crippen molar-refractivity contribution in [2.75, 3.05) is 0 Å². The first-order chi connectivity index (χ1) is 14.0. The van der Waals surface area contributed by atoms with Gasteiger partial charge in [-0.15, -0.1) is 0 Å². The molecule has 29 heavy (non-hydrogen) atoms. The van der Waals surface area contributed by atoms with Crippen molar-refractivity contribution in [2.24, 2.45) is 0 Å². The van der Waals surface area contributed by atoms with E-state index in [-0.39, 0.29) is 30.4 Å². The summed E-state index contributed by atoms with van der Waals surface area (Å²) in [5.74, 6) is 1.20. The van der Waals surface area contributed by atoms with Gasteiger partial charge < -0.3 is 14.2 Å². The topological polar surface area (TPSA) is 68.5 Å². The monoisotopic (exact) mass is 395 g/mol. The molecule has 0 saturated carbocycles. The van der Waals surface area contributed by atoms with Crippen molar-refractivity contribution in [3.8, 4) is 17.1 Å². The van der Waals surface area contributed by atoms with Crippen LogP contribution in [-0.4, -0.2) is 27.1 Å². The predicted octanol–water partition coefficient (Wildman–Crippen LogP) is 4.53. The molecule has 0 radical (unpaired) electrons. The molecular formula is C22H22FN3O3. The standard InChI is InChI=1S/C22H22FN3O3/c1-14(2)28-17-9-7-15(8-10-17)21-24-22(29-25-21)19-11-12-20(27)26(19)13-16-5-3-4-6-18(16)23/h3-10,14,19H,11-13H2,1-2H3. The highest BCUT2D eigenvalue weighted by Crippen LogP contribution is 2.34. The number of halogens is 1. The van der Waals surface area contributed by atoms with E-state index in [9.17, 15) is 9.18 Å². The minimum atomic E-state index is -0.355. The summed E-state index contributed by atoms with van der Waals surface area (Å²) in [5, 5.41) is 4.07. The second-order valence-corrected chi connectivity index (χ2v) is 7.31. The normalized spacial score (nSPS) is 16.6. The second kappa shape index (κ2) is 8.03. The van der Waals surface area contributed by atoms with E-state index >= 15 is 0 Å². The average Bonchev–Trinajstić information content (AvgIpc) is 3.31. The molecule has 2 heterocycles. The highest BCUT2D eigenvalue weighted by Gasteiger charge is 2.36. The van der Waals surface area contributed by atoms with Crippen molar-refractivity contribution in [3.05, 3.63) is 65.8 Å². The Morgan fingerprint density at radius 3 is 2.69 bits per heavy atom. The Morgan fingerprint density at radius 1 is 1.21 bits per heavy atom. The lowest BCUT2D eigenvalue weighted by Crippen LogP contribution is -2.27. The molecular weight excluding hydrogens is 373 g/mol. The van der Waals surface area contributed by atoms with Crippen molar-refractivity contribution in [2.45, 2.75) is 45.4 Å². The number of likely N-dealkylation sites (tertiary alicyclic amines) is 1. The summed E-state index contributed by atoms with van der Waals surface area (Å²) in [4.78, 5) is 18.5. The van der Waals surface area contributed by atoms with Crippen LogP contribution in [-0.2, 0) is 11.3 Å². The fourth-order valence-corrected chi connectivity index (χ4v) is 3.44. The van der Waals surface area contributed by atoms with Gasteiger partial charge in [-0.3, -0.25) is 4.79 Å². The van der Waals surface area contributed by atoms with Gasteiger partial charge in [0.05, 0.1) is 6.10 Å². The Hall–Kier alpha value is -3.22. The molecule has 4 rings (SSSR count). The van der Waals surface area contributed by atoms with Gasteiger partial charge in [0.2, 0.25) is 17.6 Å². The molecule has 6 nitrogen and oxygen atoms in total. The molecule has 1 aliphatic heterocycles. The fraction of sp³-hybridized carbons (Fsp3) is 0.318. The molecule has 1 fully saturated rings. The first-order valence-corrected chi connectivity index (χ1v) is 9.65. The number of nitrogens with zero attached hydrogens (tertiary/aromatic N) is 3. The maximum absolute atomic E-state index is 14.0. The van der Waals surface area contributed by atoms with E-state index < -0.39 is 0 Å². The largest absolute Gasteiger partial charge is 0.491 e. The number of hydrogen-bond acceptors (Lipinski definition) is 5. The number of ether oxygens (including phenoxy) is 1. The third-order valence-corrected chi connectivity index (χ3v) is 4.84. The molecule has 0 spiro atoms. The van der Waals surface area contributed by atoms with Crippen LogP contribution in [0.2, 0.25) is 0 Å². The van der Waals surface area contributed by atoms with Gasteiger partial charge in [-0.05, 0) is 50.6 Å². The minimum absolute atomic E-state index is 0.0480. The first-order valence-electron chi connectivity index (χ1n) is 9.65. The van der Waals surface area contributed by atoms with Gasteiger partial charge in [0.1, 0.15) is 17.6 Å². The van der Waals surface area contributed by atoms with Crippen molar-refractivity contribution >= 4 is 5.91 Å². The molecule has 1 aliphatic rings. The summed E-state index contributed by atoms with van der Waals surface area (Å²) >= 11 is 0. The van der Waals surface area contributed by atoms with Crippen LogP contribution in [0, 0.1) is 5.82 Å². The third-order valence-electron chi connectivity index (χ3n) is 4.84. The number of carbonyl (C=O) groups excluding carboxylic acids is 1. The maximum Gasteiger partial charge on any atom is 0.249 e. The van der Waals surface area contributed by atoms with Gasteiger partial charge in [0.25, 0.3) is 0 Å². The number of amides is 1. The molecule has 2 aromatic carbocycles. The molecule has 7 heteroatoms. The number of aromatic nitrogens is 2. The van der Waals surface area contributed by atoms with E-state index in [4.69, 9.17) is 9.26 Å². The summed E-state index contributed by atoms with van der Waals surface area (Å²) in [6.07, 6.45) is 1.03. The van der Waals surface area contributed by atoms with E-state index in [2.05, 4.69) is 10.1 Å². The van der Waals surface area contributed by atoms with Crippen LogP contribution in [0.1, 0.15) is 44.2 Å². The molecule has 1 unspecified atom stereocenters. The summed E-state index contributed by atoms with van der Waals surface area (Å²) in [6.45, 7) is 4.11. The first kappa shape index (κ1) is 19.1. The molecule has 1 aromatic heterocycles. The zero-order chi connectivity index (χ0) is 20.4. The van der Waals surface area contributed by atoms with Crippen molar-refractivity contribution < 1.29 is 18.4 Å². The van der Waals surface area contributed by atoms with Gasteiger partial charge in [0, 0.05) is 24.1 Å². The van der Waals surface area contributed by atoms with E-state index in [1.165, 1.54) is 6.07 Å². The summed E-state index contributed by atoms with van der Waals surface area (Å²) in [6, 6.07) is 13.5. The van der Waals surface area contributed by atoms with Gasteiger partial charge >= 0.3 is 0 Å². The zero-order valence-corrected chi connectivity index (χ0v) is 16.3. The Labute approximate surface area is 168 Å². The van der Waals surface area contributed by atoms with Gasteiger partial charge in [-0.25, -0.2) is 4.39 Å². The third kappa shape index (κ3) is 4.13. The fourth-order valence-electron chi connectivity index (χ4n) is 3.44. The Kier molecular flexibility index (Phi) is 5.29. The maximum atomic E-state index is 14.0. The van der Waals surface area contributed by atoms with Crippen LogP contribution in [0.4, 0.5) is 4.39 Å². The molecule has 3 aromatic rings. The van der Waals surface area contributed by atoms with Gasteiger partial charge in [-0.2, -0.15) is 4.98 Å². The summed E-state index contributed by atoms with van der Waals surface area (Å²) in [7, 11) is 0. The SMILES string of the molecule is CC(C)Oc1ccc(-c2noc(C3CCC(=O)N3Cc3ccccc3F)n2)cc1. The highest BCUT2D eigenvalue weighted by atomic mass is 19.1. The Morgan fingerprint density at radius 2 is 1.97 bits per heavy atom. The summed E-state index contributed by atoms with van der Waals surface area (Å²) < 4.78 is 25.1. The molecule has 0 N–H and O–H groups in total. The van der Waals surface area contributed by atoms with Crippen LogP contribution >= 0.6 is 0 Å². The minimum Gasteiger partial charge on any atom is -0.491 e. The van der Waals surface area contributed by atoms with Crippen molar-refractivity contribution in [3.63, 3.8) is 0 Å². The van der Waals surface area contributed by atoms with Gasteiger partial charge in [-0.1, -0.05) is 23.4 Å². The molecule has 1 amide bonds.